The molecule has 5 rings (SSSR count). The molecule has 1 amide bonds. The zero-order valence-electron chi connectivity index (χ0n) is 14.0. The van der Waals surface area contributed by atoms with Gasteiger partial charge in [-0.05, 0) is 79.1 Å². The van der Waals surface area contributed by atoms with E-state index in [1.165, 1.54) is 26.2 Å². The molecule has 25 heavy (non-hydrogen) atoms. The number of halogens is 4. The molecular weight excluding hydrogens is 399 g/mol. The molecule has 0 spiro atoms. The van der Waals surface area contributed by atoms with Gasteiger partial charge in [0, 0.05) is 5.54 Å². The van der Waals surface area contributed by atoms with Crippen molar-refractivity contribution >= 4 is 21.8 Å². The fourth-order valence-electron chi connectivity index (χ4n) is 5.59. The van der Waals surface area contributed by atoms with E-state index in [9.17, 15) is 18.0 Å². The van der Waals surface area contributed by atoms with Crippen LogP contribution in [0.5, 0.6) is 0 Å². The van der Waals surface area contributed by atoms with E-state index in [2.05, 4.69) is 26.3 Å². The Labute approximate surface area is 152 Å². The van der Waals surface area contributed by atoms with Gasteiger partial charge in [-0.15, -0.1) is 0 Å². The highest BCUT2D eigenvalue weighted by molar-refractivity contribution is 9.10. The van der Waals surface area contributed by atoms with Crippen LogP contribution in [0.15, 0.2) is 4.47 Å². The molecule has 138 valence electrons. The lowest BCUT2D eigenvalue weighted by Gasteiger charge is -2.56. The molecule has 0 atom stereocenters. The zero-order valence-corrected chi connectivity index (χ0v) is 15.6. The number of amides is 1. The third kappa shape index (κ3) is 3.11. The highest BCUT2D eigenvalue weighted by atomic mass is 79.9. The van der Waals surface area contributed by atoms with Crippen LogP contribution in [-0.4, -0.2) is 21.2 Å². The molecule has 1 N–H and O–H groups in total. The summed E-state index contributed by atoms with van der Waals surface area (Å²) in [5, 5.41) is 6.77. The van der Waals surface area contributed by atoms with Gasteiger partial charge in [-0.25, -0.2) is 0 Å². The summed E-state index contributed by atoms with van der Waals surface area (Å²) in [5.74, 6) is 1.85. The topological polar surface area (TPSA) is 46.9 Å². The van der Waals surface area contributed by atoms with Crippen molar-refractivity contribution in [2.24, 2.45) is 17.8 Å². The van der Waals surface area contributed by atoms with E-state index in [4.69, 9.17) is 0 Å². The third-order valence-electron chi connectivity index (χ3n) is 6.14. The molecule has 0 radical (unpaired) electrons. The first-order valence-electron chi connectivity index (χ1n) is 8.76. The number of hydrogen-bond acceptors (Lipinski definition) is 2. The normalized spacial score (nSPS) is 33.7. The molecule has 0 aliphatic heterocycles. The molecule has 1 heterocycles. The Kier molecular flexibility index (Phi) is 3.98. The Morgan fingerprint density at radius 2 is 1.76 bits per heavy atom. The van der Waals surface area contributed by atoms with Crippen LogP contribution in [-0.2, 0) is 17.5 Å². The summed E-state index contributed by atoms with van der Waals surface area (Å²) in [6, 6.07) is 0. The summed E-state index contributed by atoms with van der Waals surface area (Å²) >= 11 is 2.95. The summed E-state index contributed by atoms with van der Waals surface area (Å²) in [5.41, 5.74) is -0.808. The molecule has 1 aromatic rings. The maximum atomic E-state index is 13.0. The van der Waals surface area contributed by atoms with Gasteiger partial charge in [0.1, 0.15) is 6.54 Å². The van der Waals surface area contributed by atoms with Crippen LogP contribution in [0.2, 0.25) is 0 Å². The molecule has 8 heteroatoms. The Bertz CT molecular complexity index is 677. The molecule has 0 unspecified atom stereocenters. The first-order valence-corrected chi connectivity index (χ1v) is 9.55. The van der Waals surface area contributed by atoms with Crippen molar-refractivity contribution in [3.8, 4) is 0 Å². The summed E-state index contributed by atoms with van der Waals surface area (Å²) in [7, 11) is 0. The maximum Gasteiger partial charge on any atom is 0.436 e. The van der Waals surface area contributed by atoms with Crippen LogP contribution in [0.3, 0.4) is 0 Å². The first kappa shape index (κ1) is 17.4. The van der Waals surface area contributed by atoms with Gasteiger partial charge in [-0.3, -0.25) is 9.48 Å². The van der Waals surface area contributed by atoms with Crippen LogP contribution >= 0.6 is 15.9 Å². The second-order valence-electron chi connectivity index (χ2n) is 8.15. The zero-order chi connectivity index (χ0) is 18.0. The van der Waals surface area contributed by atoms with Crippen molar-refractivity contribution in [2.75, 3.05) is 0 Å². The number of aromatic nitrogens is 2. The van der Waals surface area contributed by atoms with Gasteiger partial charge in [0.05, 0.1) is 10.2 Å². The molecule has 0 saturated heterocycles. The third-order valence-corrected chi connectivity index (χ3v) is 7.09. The minimum Gasteiger partial charge on any atom is -0.349 e. The van der Waals surface area contributed by atoms with Gasteiger partial charge in [-0.1, -0.05) is 0 Å². The fourth-order valence-corrected chi connectivity index (χ4v) is 6.10. The number of alkyl halides is 3. The lowest BCUT2D eigenvalue weighted by atomic mass is 9.53. The predicted molar refractivity (Wildman–Crippen MR) is 88.7 cm³/mol. The second-order valence-corrected chi connectivity index (χ2v) is 8.94. The summed E-state index contributed by atoms with van der Waals surface area (Å²) in [6.45, 7) is 1.35. The molecule has 4 bridgehead atoms. The van der Waals surface area contributed by atoms with E-state index < -0.39 is 11.9 Å². The van der Waals surface area contributed by atoms with Crippen molar-refractivity contribution in [3.63, 3.8) is 0 Å². The van der Waals surface area contributed by atoms with E-state index in [1.54, 1.807) is 0 Å². The average Bonchev–Trinajstić information content (AvgIpc) is 2.73. The van der Waals surface area contributed by atoms with Crippen molar-refractivity contribution in [2.45, 2.75) is 63.7 Å². The molecule has 4 fully saturated rings. The number of carbonyl (C=O) groups is 1. The van der Waals surface area contributed by atoms with E-state index in [1.807, 2.05) is 0 Å². The SMILES string of the molecule is Cc1c(Br)c(C(F)(F)F)nn1CC(=O)NC12CC3CC(CC(C3)C1)C2. The Morgan fingerprint density at radius 3 is 2.20 bits per heavy atom. The number of carbonyl (C=O) groups excluding carboxylic acids is 1. The van der Waals surface area contributed by atoms with Crippen LogP contribution in [0.25, 0.3) is 0 Å². The average molecular weight is 420 g/mol. The lowest BCUT2D eigenvalue weighted by Crippen LogP contribution is -2.60. The van der Waals surface area contributed by atoms with Crippen LogP contribution in [0.1, 0.15) is 49.9 Å². The van der Waals surface area contributed by atoms with Crippen molar-refractivity contribution < 1.29 is 18.0 Å². The standard InChI is InChI=1S/C17H21BrF3N3O/c1-9-14(18)15(17(19,20)21)23-24(9)8-13(25)22-16-5-10-2-11(6-16)4-12(3-10)7-16/h10-12H,2-8H2,1H3,(H,22,25). The lowest BCUT2D eigenvalue weighted by molar-refractivity contribution is -0.142. The van der Waals surface area contributed by atoms with E-state index in [0.717, 1.165) is 23.9 Å². The summed E-state index contributed by atoms with van der Waals surface area (Å²) in [4.78, 5) is 12.6. The number of nitrogens with zero attached hydrogens (tertiary/aromatic N) is 2. The first-order chi connectivity index (χ1) is 11.7. The van der Waals surface area contributed by atoms with Crippen LogP contribution in [0, 0.1) is 24.7 Å². The van der Waals surface area contributed by atoms with Crippen molar-refractivity contribution in [1.82, 2.24) is 15.1 Å². The highest BCUT2D eigenvalue weighted by Crippen LogP contribution is 2.55. The molecule has 4 aliphatic rings. The molecule has 0 aromatic carbocycles. The maximum absolute atomic E-state index is 13.0. The molecule has 4 aliphatic carbocycles. The van der Waals surface area contributed by atoms with E-state index in [0.29, 0.717) is 23.4 Å². The predicted octanol–water partition coefficient (Wildman–Crippen LogP) is 4.06. The van der Waals surface area contributed by atoms with Gasteiger partial charge in [0.2, 0.25) is 5.91 Å². The monoisotopic (exact) mass is 419 g/mol. The van der Waals surface area contributed by atoms with Gasteiger partial charge in [0.15, 0.2) is 5.69 Å². The molecular formula is C17H21BrF3N3O. The Hall–Kier alpha value is -1.05. The molecule has 4 saturated carbocycles. The Morgan fingerprint density at radius 1 is 1.24 bits per heavy atom. The minimum atomic E-state index is -4.54. The number of hydrogen-bond donors (Lipinski definition) is 1. The summed E-state index contributed by atoms with van der Waals surface area (Å²) in [6.07, 6.45) is 2.33. The van der Waals surface area contributed by atoms with E-state index in [-0.39, 0.29) is 22.5 Å². The molecule has 4 nitrogen and oxygen atoms in total. The van der Waals surface area contributed by atoms with Crippen molar-refractivity contribution in [1.29, 1.82) is 0 Å². The van der Waals surface area contributed by atoms with Gasteiger partial charge in [-0.2, -0.15) is 18.3 Å². The minimum absolute atomic E-state index is 0.0948. The molecule has 1 aromatic heterocycles. The van der Waals surface area contributed by atoms with Crippen LogP contribution in [0.4, 0.5) is 13.2 Å². The smallest absolute Gasteiger partial charge is 0.349 e. The fraction of sp³-hybridized carbons (Fsp3) is 0.765. The van der Waals surface area contributed by atoms with Crippen molar-refractivity contribution in [3.05, 3.63) is 15.9 Å². The largest absolute Gasteiger partial charge is 0.436 e. The second kappa shape index (κ2) is 5.72. The van der Waals surface area contributed by atoms with Gasteiger partial charge < -0.3 is 5.32 Å². The van der Waals surface area contributed by atoms with Gasteiger partial charge >= 0.3 is 6.18 Å². The number of nitrogens with one attached hydrogen (secondary N) is 1. The van der Waals surface area contributed by atoms with Gasteiger partial charge in [0.25, 0.3) is 0 Å². The number of rotatable bonds is 3. The Balaban J connectivity index is 1.48. The quantitative estimate of drug-likeness (QED) is 0.802. The summed E-state index contributed by atoms with van der Waals surface area (Å²) < 4.78 is 39.9. The van der Waals surface area contributed by atoms with E-state index >= 15 is 0 Å². The van der Waals surface area contributed by atoms with Crippen LogP contribution < -0.4 is 5.32 Å². The highest BCUT2D eigenvalue weighted by Gasteiger charge is 2.51.